The molecule has 0 saturated carbocycles. The number of aliphatic hydroxyl groups is 1. The van der Waals surface area contributed by atoms with Crippen molar-refractivity contribution in [3.8, 4) is 0 Å². The largest absolute Gasteiger partial charge is 0.390 e. The van der Waals surface area contributed by atoms with E-state index in [-0.39, 0.29) is 11.7 Å². The van der Waals surface area contributed by atoms with Crippen molar-refractivity contribution in [2.24, 2.45) is 5.92 Å². The van der Waals surface area contributed by atoms with Gasteiger partial charge < -0.3 is 5.11 Å². The number of rotatable bonds is 4. The van der Waals surface area contributed by atoms with Crippen LogP contribution in [0, 0.1) is 5.92 Å². The Morgan fingerprint density at radius 2 is 1.75 bits per heavy atom. The third-order valence-corrected chi connectivity index (χ3v) is 4.71. The van der Waals surface area contributed by atoms with Crippen LogP contribution in [0.4, 0.5) is 0 Å². The molecule has 0 aliphatic rings. The number of benzene rings is 1. The van der Waals surface area contributed by atoms with Crippen LogP contribution in [-0.2, 0) is 9.84 Å². The zero-order chi connectivity index (χ0) is 12.4. The van der Waals surface area contributed by atoms with Gasteiger partial charge in [0.1, 0.15) is 0 Å². The maximum Gasteiger partial charge on any atom is 0.178 e. The van der Waals surface area contributed by atoms with Crippen molar-refractivity contribution in [1.82, 2.24) is 0 Å². The fourth-order valence-corrected chi connectivity index (χ4v) is 3.09. The van der Waals surface area contributed by atoms with Crippen LogP contribution in [-0.4, -0.2) is 24.9 Å². The molecule has 0 radical (unpaired) electrons. The summed E-state index contributed by atoms with van der Waals surface area (Å²) in [5.41, 5.74) is -0.984. The molecule has 0 saturated heterocycles. The van der Waals surface area contributed by atoms with Crippen molar-refractivity contribution in [1.29, 1.82) is 0 Å². The Morgan fingerprint density at radius 3 is 2.19 bits per heavy atom. The lowest BCUT2D eigenvalue weighted by atomic mass is 9.95. The summed E-state index contributed by atoms with van der Waals surface area (Å²) < 4.78 is 24.0. The second kappa shape index (κ2) is 4.55. The summed E-state index contributed by atoms with van der Waals surface area (Å²) in [6, 6.07) is 8.32. The van der Waals surface area contributed by atoms with E-state index in [1.54, 1.807) is 51.1 Å². The molecule has 1 rings (SSSR count). The van der Waals surface area contributed by atoms with Gasteiger partial charge in [0.25, 0.3) is 0 Å². The highest BCUT2D eigenvalue weighted by Crippen LogP contribution is 2.21. The van der Waals surface area contributed by atoms with Gasteiger partial charge in [0, 0.05) is 0 Å². The summed E-state index contributed by atoms with van der Waals surface area (Å²) in [7, 11) is -3.30. The average Bonchev–Trinajstić information content (AvgIpc) is 2.17. The molecule has 3 nitrogen and oxygen atoms in total. The Bertz CT molecular complexity index is 429. The highest BCUT2D eigenvalue weighted by Gasteiger charge is 2.28. The van der Waals surface area contributed by atoms with Gasteiger partial charge in [-0.1, -0.05) is 25.1 Å². The predicted octanol–water partition coefficient (Wildman–Crippen LogP) is 1.87. The fraction of sp³-hybridized carbons (Fsp3) is 0.500. The molecule has 16 heavy (non-hydrogen) atoms. The van der Waals surface area contributed by atoms with E-state index >= 15 is 0 Å². The highest BCUT2D eigenvalue weighted by molar-refractivity contribution is 7.91. The van der Waals surface area contributed by atoms with Crippen molar-refractivity contribution in [3.63, 3.8) is 0 Å². The van der Waals surface area contributed by atoms with Gasteiger partial charge in [0.05, 0.1) is 16.2 Å². The van der Waals surface area contributed by atoms with Gasteiger partial charge in [-0.25, -0.2) is 8.42 Å². The molecular weight excluding hydrogens is 224 g/mol. The molecule has 0 spiro atoms. The van der Waals surface area contributed by atoms with Crippen molar-refractivity contribution in [3.05, 3.63) is 30.3 Å². The Hall–Kier alpha value is -0.870. The van der Waals surface area contributed by atoms with Crippen molar-refractivity contribution in [2.75, 3.05) is 5.75 Å². The Labute approximate surface area is 97.0 Å². The first-order valence-corrected chi connectivity index (χ1v) is 6.89. The lowest BCUT2D eigenvalue weighted by molar-refractivity contribution is 0.0339. The first-order chi connectivity index (χ1) is 7.23. The van der Waals surface area contributed by atoms with Crippen LogP contribution in [0.25, 0.3) is 0 Å². The van der Waals surface area contributed by atoms with Crippen LogP contribution in [0.1, 0.15) is 20.8 Å². The summed E-state index contributed by atoms with van der Waals surface area (Å²) in [6.07, 6.45) is 0. The SMILES string of the molecule is C[C@H](CS(=O)(=O)c1ccccc1)C(C)(C)O. The Balaban J connectivity index is 2.90. The van der Waals surface area contributed by atoms with Gasteiger partial charge in [0.15, 0.2) is 9.84 Å². The molecule has 1 aromatic carbocycles. The van der Waals surface area contributed by atoms with Gasteiger partial charge in [-0.3, -0.25) is 0 Å². The van der Waals surface area contributed by atoms with Crippen LogP contribution < -0.4 is 0 Å². The smallest absolute Gasteiger partial charge is 0.178 e. The molecule has 0 fully saturated rings. The van der Waals surface area contributed by atoms with Crippen LogP contribution in [0.3, 0.4) is 0 Å². The molecule has 0 heterocycles. The van der Waals surface area contributed by atoms with E-state index in [4.69, 9.17) is 0 Å². The second-order valence-corrected chi connectivity index (χ2v) is 6.68. The second-order valence-electron chi connectivity index (χ2n) is 4.65. The Morgan fingerprint density at radius 1 is 1.25 bits per heavy atom. The topological polar surface area (TPSA) is 54.4 Å². The van der Waals surface area contributed by atoms with Crippen LogP contribution in [0.2, 0.25) is 0 Å². The molecule has 1 atom stereocenters. The zero-order valence-corrected chi connectivity index (χ0v) is 10.7. The normalized spacial score (nSPS) is 14.8. The molecule has 0 aliphatic carbocycles. The van der Waals surface area contributed by atoms with Crippen molar-refractivity contribution >= 4 is 9.84 Å². The van der Waals surface area contributed by atoms with E-state index in [0.717, 1.165) is 0 Å². The fourth-order valence-electron chi connectivity index (χ4n) is 1.26. The van der Waals surface area contributed by atoms with Gasteiger partial charge in [-0.2, -0.15) is 0 Å². The van der Waals surface area contributed by atoms with Gasteiger partial charge in [-0.05, 0) is 31.9 Å². The maximum absolute atomic E-state index is 12.0. The summed E-state index contributed by atoms with van der Waals surface area (Å²) in [6.45, 7) is 4.98. The van der Waals surface area contributed by atoms with E-state index in [9.17, 15) is 13.5 Å². The summed E-state index contributed by atoms with van der Waals surface area (Å²) in [4.78, 5) is 0.311. The molecule has 1 aromatic rings. The minimum Gasteiger partial charge on any atom is -0.390 e. The van der Waals surface area contributed by atoms with E-state index in [1.807, 2.05) is 0 Å². The molecule has 0 unspecified atom stereocenters. The minimum absolute atomic E-state index is 0.0412. The summed E-state index contributed by atoms with van der Waals surface area (Å²) >= 11 is 0. The van der Waals surface area contributed by atoms with E-state index < -0.39 is 15.4 Å². The molecule has 90 valence electrons. The third-order valence-electron chi connectivity index (χ3n) is 2.78. The Kier molecular flexibility index (Phi) is 3.76. The van der Waals surface area contributed by atoms with Gasteiger partial charge >= 0.3 is 0 Å². The predicted molar refractivity (Wildman–Crippen MR) is 64.0 cm³/mol. The molecule has 4 heteroatoms. The zero-order valence-electron chi connectivity index (χ0n) is 9.84. The monoisotopic (exact) mass is 242 g/mol. The first-order valence-electron chi connectivity index (χ1n) is 5.23. The van der Waals surface area contributed by atoms with Crippen molar-refractivity contribution in [2.45, 2.75) is 31.3 Å². The standard InChI is InChI=1S/C12H18O3S/c1-10(12(2,3)13)9-16(14,15)11-7-5-4-6-8-11/h4-8,10,13H,9H2,1-3H3/t10-/m1/s1. The average molecular weight is 242 g/mol. The summed E-state index contributed by atoms with van der Waals surface area (Å²) in [5.74, 6) is -0.349. The molecule has 0 amide bonds. The third kappa shape index (κ3) is 3.32. The van der Waals surface area contributed by atoms with Crippen LogP contribution in [0.5, 0.6) is 0 Å². The van der Waals surface area contributed by atoms with Crippen molar-refractivity contribution < 1.29 is 13.5 Å². The number of sulfone groups is 1. The minimum atomic E-state index is -3.30. The molecule has 0 aliphatic heterocycles. The lowest BCUT2D eigenvalue weighted by Crippen LogP contribution is -2.33. The summed E-state index contributed by atoms with van der Waals surface area (Å²) in [5, 5.41) is 9.73. The molecule has 0 aromatic heterocycles. The molecule has 1 N–H and O–H groups in total. The van der Waals surface area contributed by atoms with E-state index in [0.29, 0.717) is 4.90 Å². The molecule has 0 bridgehead atoms. The lowest BCUT2D eigenvalue weighted by Gasteiger charge is -2.25. The molecular formula is C12H18O3S. The van der Waals surface area contributed by atoms with E-state index in [1.165, 1.54) is 0 Å². The van der Waals surface area contributed by atoms with Gasteiger partial charge in [-0.15, -0.1) is 0 Å². The van der Waals surface area contributed by atoms with Crippen LogP contribution >= 0.6 is 0 Å². The highest BCUT2D eigenvalue weighted by atomic mass is 32.2. The first kappa shape index (κ1) is 13.2. The number of hydrogen-bond donors (Lipinski definition) is 1. The van der Waals surface area contributed by atoms with E-state index in [2.05, 4.69) is 0 Å². The quantitative estimate of drug-likeness (QED) is 0.877. The number of hydrogen-bond acceptors (Lipinski definition) is 3. The van der Waals surface area contributed by atoms with Crippen LogP contribution in [0.15, 0.2) is 35.2 Å². The van der Waals surface area contributed by atoms with Gasteiger partial charge in [0.2, 0.25) is 0 Å². The maximum atomic E-state index is 12.0.